The third-order valence-corrected chi connectivity index (χ3v) is 2.68. The van der Waals surface area contributed by atoms with Gasteiger partial charge in [-0.3, -0.25) is 9.48 Å². The highest BCUT2D eigenvalue weighted by atomic mass is 16.1. The highest BCUT2D eigenvalue weighted by Gasteiger charge is 2.05. The van der Waals surface area contributed by atoms with Crippen LogP contribution in [0.2, 0.25) is 0 Å². The van der Waals surface area contributed by atoms with Crippen molar-refractivity contribution in [1.82, 2.24) is 29.9 Å². The summed E-state index contributed by atoms with van der Waals surface area (Å²) in [5.74, 6) is 1.19. The smallest absolute Gasteiger partial charge is 0.264 e. The Kier molecular flexibility index (Phi) is 2.96. The van der Waals surface area contributed by atoms with E-state index in [0.717, 1.165) is 5.82 Å². The second-order valence-electron chi connectivity index (χ2n) is 4.06. The van der Waals surface area contributed by atoms with Crippen LogP contribution < -0.4 is 10.9 Å². The van der Waals surface area contributed by atoms with E-state index in [9.17, 15) is 4.79 Å². The van der Waals surface area contributed by atoms with E-state index < -0.39 is 0 Å². The molecule has 0 aliphatic heterocycles. The van der Waals surface area contributed by atoms with E-state index in [1.165, 1.54) is 12.3 Å². The molecule has 0 aliphatic carbocycles. The Labute approximate surface area is 113 Å². The van der Waals surface area contributed by atoms with E-state index >= 15 is 0 Å². The van der Waals surface area contributed by atoms with Crippen LogP contribution >= 0.6 is 0 Å². The second kappa shape index (κ2) is 4.92. The zero-order valence-corrected chi connectivity index (χ0v) is 10.6. The predicted molar refractivity (Wildman–Crippen MR) is 72.4 cm³/mol. The predicted octanol–water partition coefficient (Wildman–Crippen LogP) is 0.704. The molecule has 3 aromatic rings. The molecule has 0 unspecified atom stereocenters. The first kappa shape index (κ1) is 12.0. The molecule has 3 aromatic heterocycles. The van der Waals surface area contributed by atoms with Gasteiger partial charge in [0.15, 0.2) is 0 Å². The Balaban J connectivity index is 1.94. The highest BCUT2D eigenvalue weighted by molar-refractivity contribution is 5.59. The highest BCUT2D eigenvalue weighted by Crippen LogP contribution is 2.16. The molecule has 100 valence electrons. The molecule has 8 heteroatoms. The van der Waals surface area contributed by atoms with E-state index in [1.807, 2.05) is 13.1 Å². The summed E-state index contributed by atoms with van der Waals surface area (Å²) in [7, 11) is 1.81. The first-order chi connectivity index (χ1) is 9.72. The van der Waals surface area contributed by atoms with Gasteiger partial charge in [0.1, 0.15) is 5.82 Å². The summed E-state index contributed by atoms with van der Waals surface area (Å²) in [6, 6.07) is 4.96. The Bertz CT molecular complexity index is 792. The van der Waals surface area contributed by atoms with Crippen LogP contribution in [0.25, 0.3) is 11.3 Å². The van der Waals surface area contributed by atoms with Crippen molar-refractivity contribution in [3.05, 3.63) is 47.1 Å². The fourth-order valence-corrected chi connectivity index (χ4v) is 1.71. The summed E-state index contributed by atoms with van der Waals surface area (Å²) in [6.45, 7) is 0. The maximum Gasteiger partial charge on any atom is 0.264 e. The molecule has 2 N–H and O–H groups in total. The van der Waals surface area contributed by atoms with E-state index in [0.29, 0.717) is 17.2 Å². The molecule has 0 bridgehead atoms. The van der Waals surface area contributed by atoms with Crippen LogP contribution in [0.5, 0.6) is 0 Å². The Morgan fingerprint density at radius 2 is 2.20 bits per heavy atom. The minimum absolute atomic E-state index is 0.276. The maximum absolute atomic E-state index is 11.3. The Morgan fingerprint density at radius 1 is 1.30 bits per heavy atom. The van der Waals surface area contributed by atoms with Crippen LogP contribution in [0.3, 0.4) is 0 Å². The summed E-state index contributed by atoms with van der Waals surface area (Å²) < 4.78 is 1.67. The van der Waals surface area contributed by atoms with Crippen molar-refractivity contribution in [3.63, 3.8) is 0 Å². The zero-order chi connectivity index (χ0) is 13.9. The second-order valence-corrected chi connectivity index (χ2v) is 4.06. The molecule has 0 fully saturated rings. The van der Waals surface area contributed by atoms with Gasteiger partial charge in [-0.1, -0.05) is 0 Å². The monoisotopic (exact) mass is 269 g/mol. The number of aryl methyl sites for hydroxylation is 1. The molecule has 8 nitrogen and oxygen atoms in total. The molecule has 0 saturated carbocycles. The van der Waals surface area contributed by atoms with Crippen molar-refractivity contribution in [2.75, 3.05) is 5.32 Å². The molecule has 20 heavy (non-hydrogen) atoms. The molecule has 0 radical (unpaired) electrons. The molecule has 0 aliphatic rings. The average Bonchev–Trinajstić information content (AvgIpc) is 2.85. The standard InChI is InChI=1S/C12H11N7O/c1-19-10(3-5-15-19)17-12-13-4-2-9(16-12)8-6-11(20)18-14-7-8/h2-7H,1H3,(H,18,20)(H,13,16,17). The van der Waals surface area contributed by atoms with E-state index in [2.05, 4.69) is 30.6 Å². The fraction of sp³-hybridized carbons (Fsp3) is 0.0833. The van der Waals surface area contributed by atoms with Gasteiger partial charge in [-0.15, -0.1) is 0 Å². The van der Waals surface area contributed by atoms with Gasteiger partial charge in [-0.05, 0) is 6.07 Å². The molecule has 3 heterocycles. The van der Waals surface area contributed by atoms with Gasteiger partial charge < -0.3 is 5.32 Å². The van der Waals surface area contributed by atoms with Gasteiger partial charge in [0.2, 0.25) is 5.95 Å². The summed E-state index contributed by atoms with van der Waals surface area (Å²) in [6.07, 6.45) is 4.83. The fourth-order valence-electron chi connectivity index (χ4n) is 1.71. The van der Waals surface area contributed by atoms with Crippen molar-refractivity contribution < 1.29 is 0 Å². The molecule has 0 atom stereocenters. The summed E-state index contributed by atoms with van der Waals surface area (Å²) in [5, 5.41) is 13.2. The van der Waals surface area contributed by atoms with Crippen LogP contribution in [0.1, 0.15) is 0 Å². The first-order valence-electron chi connectivity index (χ1n) is 5.85. The van der Waals surface area contributed by atoms with Gasteiger partial charge in [-0.2, -0.15) is 10.2 Å². The lowest BCUT2D eigenvalue weighted by Crippen LogP contribution is -2.07. The van der Waals surface area contributed by atoms with Crippen LogP contribution in [0.15, 0.2) is 41.6 Å². The maximum atomic E-state index is 11.3. The molecule has 0 spiro atoms. The van der Waals surface area contributed by atoms with Crippen molar-refractivity contribution >= 4 is 11.8 Å². The number of aromatic nitrogens is 6. The van der Waals surface area contributed by atoms with Crippen molar-refractivity contribution in [2.45, 2.75) is 0 Å². The summed E-state index contributed by atoms with van der Waals surface area (Å²) in [5.41, 5.74) is 0.967. The van der Waals surface area contributed by atoms with E-state index in [1.54, 1.807) is 23.1 Å². The van der Waals surface area contributed by atoms with Crippen LogP contribution in [0.4, 0.5) is 11.8 Å². The lowest BCUT2D eigenvalue weighted by molar-refractivity contribution is 0.775. The van der Waals surface area contributed by atoms with Crippen LogP contribution in [0, 0.1) is 0 Å². The Hall–Kier alpha value is -3.03. The topological polar surface area (TPSA) is 101 Å². The quantitative estimate of drug-likeness (QED) is 0.726. The average molecular weight is 269 g/mol. The minimum atomic E-state index is -0.276. The van der Waals surface area contributed by atoms with Crippen molar-refractivity contribution in [3.8, 4) is 11.3 Å². The van der Waals surface area contributed by atoms with Crippen molar-refractivity contribution in [1.29, 1.82) is 0 Å². The third kappa shape index (κ3) is 2.39. The minimum Gasteiger partial charge on any atom is -0.309 e. The number of aromatic amines is 1. The van der Waals surface area contributed by atoms with Gasteiger partial charge in [-0.25, -0.2) is 15.1 Å². The van der Waals surface area contributed by atoms with Gasteiger partial charge >= 0.3 is 0 Å². The van der Waals surface area contributed by atoms with Crippen LogP contribution in [-0.4, -0.2) is 29.9 Å². The zero-order valence-electron chi connectivity index (χ0n) is 10.6. The number of nitrogens with one attached hydrogen (secondary N) is 2. The normalized spacial score (nSPS) is 10.4. The van der Waals surface area contributed by atoms with E-state index in [4.69, 9.17) is 0 Å². The number of hydrogen-bond donors (Lipinski definition) is 2. The van der Waals surface area contributed by atoms with Gasteiger partial charge in [0.25, 0.3) is 5.56 Å². The molecular weight excluding hydrogens is 258 g/mol. The summed E-state index contributed by atoms with van der Waals surface area (Å²) >= 11 is 0. The number of hydrogen-bond acceptors (Lipinski definition) is 6. The Morgan fingerprint density at radius 3 is 2.95 bits per heavy atom. The SMILES string of the molecule is Cn1nccc1Nc1nccc(-c2cn[nH]c(=O)c2)n1. The number of rotatable bonds is 3. The van der Waals surface area contributed by atoms with Gasteiger partial charge in [0.05, 0.1) is 18.1 Å². The molecular formula is C12H11N7O. The lowest BCUT2D eigenvalue weighted by Gasteiger charge is -2.06. The number of anilines is 2. The number of H-pyrrole nitrogens is 1. The molecule has 0 amide bonds. The van der Waals surface area contributed by atoms with Gasteiger partial charge in [0, 0.05) is 30.9 Å². The van der Waals surface area contributed by atoms with Crippen molar-refractivity contribution in [2.24, 2.45) is 7.05 Å². The van der Waals surface area contributed by atoms with Crippen LogP contribution in [-0.2, 0) is 7.05 Å². The molecule has 0 aromatic carbocycles. The molecule has 0 saturated heterocycles. The summed E-state index contributed by atoms with van der Waals surface area (Å²) in [4.78, 5) is 19.7. The van der Waals surface area contributed by atoms with E-state index in [-0.39, 0.29) is 5.56 Å². The first-order valence-corrected chi connectivity index (χ1v) is 5.85. The largest absolute Gasteiger partial charge is 0.309 e. The lowest BCUT2D eigenvalue weighted by atomic mass is 10.2. The third-order valence-electron chi connectivity index (χ3n) is 2.68. The molecule has 3 rings (SSSR count). The number of nitrogens with zero attached hydrogens (tertiary/aromatic N) is 5.